The van der Waals surface area contributed by atoms with E-state index in [1.54, 1.807) is 6.07 Å². The van der Waals surface area contributed by atoms with Gasteiger partial charge in [0, 0.05) is 0 Å². The minimum absolute atomic E-state index is 0.0136. The molecule has 2 rings (SSSR count). The van der Waals surface area contributed by atoms with Crippen LogP contribution in [-0.2, 0) is 0 Å². The van der Waals surface area contributed by atoms with Crippen molar-refractivity contribution < 1.29 is 15.0 Å². The number of carboxylic acid groups (broad SMARTS) is 1. The van der Waals surface area contributed by atoms with E-state index in [0.29, 0.717) is 5.82 Å². The van der Waals surface area contributed by atoms with Crippen molar-refractivity contribution in [2.75, 3.05) is 11.9 Å². The summed E-state index contributed by atoms with van der Waals surface area (Å²) in [5.74, 6) is -0.715. The fraction of sp³-hybridized carbons (Fsp3) is 0.538. The van der Waals surface area contributed by atoms with E-state index in [-0.39, 0.29) is 17.3 Å². The summed E-state index contributed by atoms with van der Waals surface area (Å²) in [6.45, 7) is 0.0136. The van der Waals surface area contributed by atoms with Crippen molar-refractivity contribution in [1.29, 1.82) is 0 Å². The molecule has 0 aliphatic heterocycles. The first-order valence-corrected chi connectivity index (χ1v) is 6.73. The van der Waals surface area contributed by atoms with E-state index < -0.39 is 11.5 Å². The highest BCUT2D eigenvalue weighted by Crippen LogP contribution is 2.31. The smallest absolute Gasteiger partial charge is 0.356 e. The highest BCUT2D eigenvalue weighted by Gasteiger charge is 2.31. The molecule has 0 atom stereocenters. The van der Waals surface area contributed by atoms with Gasteiger partial charge in [-0.2, -0.15) is 0 Å². The summed E-state index contributed by atoms with van der Waals surface area (Å²) in [6, 6.07) is 3.15. The van der Waals surface area contributed by atoms with Gasteiger partial charge in [-0.1, -0.05) is 30.9 Å². The predicted octanol–water partition coefficient (Wildman–Crippen LogP) is 2.54. The molecule has 1 aromatic rings. The first-order valence-electron chi connectivity index (χ1n) is 6.35. The van der Waals surface area contributed by atoms with Crippen LogP contribution in [0, 0.1) is 0 Å². The van der Waals surface area contributed by atoms with Crippen LogP contribution in [0.15, 0.2) is 12.1 Å². The summed E-state index contributed by atoms with van der Waals surface area (Å²) in [7, 11) is 0. The van der Waals surface area contributed by atoms with Gasteiger partial charge in [0.15, 0.2) is 5.69 Å². The van der Waals surface area contributed by atoms with Crippen LogP contribution in [-0.4, -0.2) is 33.3 Å². The molecule has 1 saturated carbocycles. The van der Waals surface area contributed by atoms with Crippen LogP contribution in [0.3, 0.4) is 0 Å². The number of aromatic nitrogens is 1. The molecule has 104 valence electrons. The topological polar surface area (TPSA) is 82.5 Å². The molecule has 5 nitrogen and oxygen atoms in total. The number of nitrogens with zero attached hydrogens (tertiary/aromatic N) is 1. The minimum atomic E-state index is -1.16. The number of aliphatic hydroxyl groups excluding tert-OH is 1. The quantitative estimate of drug-likeness (QED) is 0.791. The second-order valence-electron chi connectivity index (χ2n) is 4.96. The first-order chi connectivity index (χ1) is 9.06. The van der Waals surface area contributed by atoms with Crippen molar-refractivity contribution in [3.8, 4) is 0 Å². The molecule has 19 heavy (non-hydrogen) atoms. The average Bonchev–Trinajstić information content (AvgIpc) is 2.42. The maximum absolute atomic E-state index is 11.0. The number of aromatic carboxylic acids is 1. The molecule has 0 aromatic carbocycles. The Morgan fingerprint density at radius 3 is 2.63 bits per heavy atom. The molecule has 1 fully saturated rings. The van der Waals surface area contributed by atoms with Crippen molar-refractivity contribution in [2.45, 2.75) is 37.6 Å². The van der Waals surface area contributed by atoms with Gasteiger partial charge >= 0.3 is 5.97 Å². The van der Waals surface area contributed by atoms with E-state index in [9.17, 15) is 9.90 Å². The molecule has 0 amide bonds. The third kappa shape index (κ3) is 3.16. The Hall–Kier alpha value is -1.33. The zero-order valence-corrected chi connectivity index (χ0v) is 11.3. The Bertz CT molecular complexity index is 473. The molecular formula is C13H17ClN2O3. The van der Waals surface area contributed by atoms with E-state index in [1.807, 2.05) is 0 Å². The van der Waals surface area contributed by atoms with E-state index in [4.69, 9.17) is 16.7 Å². The third-order valence-corrected chi connectivity index (χ3v) is 3.86. The van der Waals surface area contributed by atoms with Gasteiger partial charge < -0.3 is 15.5 Å². The highest BCUT2D eigenvalue weighted by molar-refractivity contribution is 6.33. The van der Waals surface area contributed by atoms with E-state index in [1.165, 1.54) is 6.07 Å². The van der Waals surface area contributed by atoms with Crippen molar-refractivity contribution in [1.82, 2.24) is 4.98 Å². The number of hydrogen-bond acceptors (Lipinski definition) is 4. The van der Waals surface area contributed by atoms with Gasteiger partial charge in [0.2, 0.25) is 0 Å². The van der Waals surface area contributed by atoms with Crippen LogP contribution in [0.2, 0.25) is 5.02 Å². The first kappa shape index (κ1) is 14.1. The van der Waals surface area contributed by atoms with Gasteiger partial charge in [-0.25, -0.2) is 9.78 Å². The maximum Gasteiger partial charge on any atom is 0.356 e. The Labute approximate surface area is 116 Å². The number of carbonyl (C=O) groups is 1. The average molecular weight is 285 g/mol. The molecule has 0 unspecified atom stereocenters. The summed E-state index contributed by atoms with van der Waals surface area (Å²) in [4.78, 5) is 15.0. The summed E-state index contributed by atoms with van der Waals surface area (Å²) in [6.07, 6.45) is 4.98. The fourth-order valence-corrected chi connectivity index (χ4v) is 2.67. The SMILES string of the molecule is O=C(O)c1nc(NC2(CO)CCCCC2)ccc1Cl. The van der Waals surface area contributed by atoms with Crippen LogP contribution in [0.25, 0.3) is 0 Å². The van der Waals surface area contributed by atoms with Crippen LogP contribution < -0.4 is 5.32 Å². The molecule has 6 heteroatoms. The molecule has 0 radical (unpaired) electrons. The molecule has 0 bridgehead atoms. The van der Waals surface area contributed by atoms with Crippen molar-refractivity contribution in [2.24, 2.45) is 0 Å². The number of aliphatic hydroxyl groups is 1. The number of hydrogen-bond donors (Lipinski definition) is 3. The number of halogens is 1. The zero-order valence-electron chi connectivity index (χ0n) is 10.5. The van der Waals surface area contributed by atoms with Gasteiger partial charge in [-0.3, -0.25) is 0 Å². The Kier molecular flexibility index (Phi) is 4.27. The summed E-state index contributed by atoms with van der Waals surface area (Å²) in [5.41, 5.74) is -0.565. The van der Waals surface area contributed by atoms with Crippen molar-refractivity contribution in [3.63, 3.8) is 0 Å². The number of nitrogens with one attached hydrogen (secondary N) is 1. The molecule has 3 N–H and O–H groups in total. The molecule has 0 saturated heterocycles. The van der Waals surface area contributed by atoms with Crippen LogP contribution in [0.4, 0.5) is 5.82 Å². The number of carboxylic acids is 1. The lowest BCUT2D eigenvalue weighted by molar-refractivity contribution is 0.0691. The van der Waals surface area contributed by atoms with Gasteiger partial charge in [-0.05, 0) is 25.0 Å². The normalized spacial score (nSPS) is 18.0. The largest absolute Gasteiger partial charge is 0.476 e. The van der Waals surface area contributed by atoms with Crippen LogP contribution >= 0.6 is 11.6 Å². The third-order valence-electron chi connectivity index (χ3n) is 3.56. The number of rotatable bonds is 4. The molecule has 1 heterocycles. The van der Waals surface area contributed by atoms with Crippen LogP contribution in [0.5, 0.6) is 0 Å². The predicted molar refractivity (Wildman–Crippen MR) is 72.7 cm³/mol. The molecular weight excluding hydrogens is 268 g/mol. The van der Waals surface area contributed by atoms with Gasteiger partial charge in [0.1, 0.15) is 5.82 Å². The summed E-state index contributed by atoms with van der Waals surface area (Å²) >= 11 is 5.78. The fourth-order valence-electron chi connectivity index (χ4n) is 2.48. The number of anilines is 1. The lowest BCUT2D eigenvalue weighted by Crippen LogP contribution is -2.44. The van der Waals surface area contributed by atoms with Gasteiger partial charge in [-0.15, -0.1) is 0 Å². The van der Waals surface area contributed by atoms with Gasteiger partial charge in [0.25, 0.3) is 0 Å². The Morgan fingerprint density at radius 1 is 1.37 bits per heavy atom. The molecule has 0 spiro atoms. The van der Waals surface area contributed by atoms with E-state index >= 15 is 0 Å². The summed E-state index contributed by atoms with van der Waals surface area (Å²) in [5, 5.41) is 21.9. The summed E-state index contributed by atoms with van der Waals surface area (Å²) < 4.78 is 0. The molecule has 1 aliphatic rings. The monoisotopic (exact) mass is 284 g/mol. The lowest BCUT2D eigenvalue weighted by atomic mass is 9.82. The second kappa shape index (κ2) is 5.75. The van der Waals surface area contributed by atoms with Crippen LogP contribution in [0.1, 0.15) is 42.6 Å². The number of pyridine rings is 1. The van der Waals surface area contributed by atoms with Crippen molar-refractivity contribution >= 4 is 23.4 Å². The molecule has 1 aromatic heterocycles. The standard InChI is InChI=1S/C13H17ClN2O3/c14-9-4-5-10(15-11(9)12(18)19)16-13(8-17)6-2-1-3-7-13/h4-5,17H,1-3,6-8H2,(H,15,16)(H,18,19). The molecule has 1 aliphatic carbocycles. The second-order valence-corrected chi connectivity index (χ2v) is 5.36. The van der Waals surface area contributed by atoms with Gasteiger partial charge in [0.05, 0.1) is 17.2 Å². The Morgan fingerprint density at radius 2 is 2.05 bits per heavy atom. The zero-order chi connectivity index (χ0) is 13.9. The Balaban J connectivity index is 2.22. The highest BCUT2D eigenvalue weighted by atomic mass is 35.5. The van der Waals surface area contributed by atoms with Crippen molar-refractivity contribution in [3.05, 3.63) is 22.8 Å². The lowest BCUT2D eigenvalue weighted by Gasteiger charge is -2.37. The van der Waals surface area contributed by atoms with E-state index in [2.05, 4.69) is 10.3 Å². The maximum atomic E-state index is 11.0. The van der Waals surface area contributed by atoms with E-state index in [0.717, 1.165) is 32.1 Å². The minimum Gasteiger partial charge on any atom is -0.476 e.